The largest absolute Gasteiger partial charge is 0.370 e. The van der Waals surface area contributed by atoms with Crippen LogP contribution < -0.4 is 9.80 Å². The van der Waals surface area contributed by atoms with Crippen LogP contribution in [0.25, 0.3) is 0 Å². The highest BCUT2D eigenvalue weighted by Gasteiger charge is 2.28. The van der Waals surface area contributed by atoms with Gasteiger partial charge >= 0.3 is 0 Å². The summed E-state index contributed by atoms with van der Waals surface area (Å²) < 4.78 is 0. The van der Waals surface area contributed by atoms with Crippen LogP contribution in [0.1, 0.15) is 25.7 Å². The molecule has 0 aliphatic carbocycles. The first-order chi connectivity index (χ1) is 9.77. The summed E-state index contributed by atoms with van der Waals surface area (Å²) in [5.74, 6) is -0.505. The fraction of sp³-hybridized carbons (Fsp3) is 0.375. The maximum atomic E-state index is 11.9. The van der Waals surface area contributed by atoms with Crippen LogP contribution in [0.2, 0.25) is 0 Å². The molecule has 2 aliphatic heterocycles. The van der Waals surface area contributed by atoms with Gasteiger partial charge in [0.1, 0.15) is 0 Å². The Hall–Kier alpha value is -2.10. The van der Waals surface area contributed by atoms with Gasteiger partial charge in [0.05, 0.1) is 11.4 Å². The van der Waals surface area contributed by atoms with Gasteiger partial charge in [-0.1, -0.05) is 25.0 Å². The van der Waals surface area contributed by atoms with Crippen molar-refractivity contribution in [3.8, 4) is 0 Å². The Morgan fingerprint density at radius 2 is 1.30 bits per heavy atom. The summed E-state index contributed by atoms with van der Waals surface area (Å²) in [6.07, 6.45) is 7.50. The molecule has 4 nitrogen and oxygen atoms in total. The van der Waals surface area contributed by atoms with Crippen LogP contribution in [0.3, 0.4) is 0 Å². The molecule has 0 bridgehead atoms. The predicted octanol–water partition coefficient (Wildman–Crippen LogP) is 2.50. The van der Waals surface area contributed by atoms with E-state index in [9.17, 15) is 9.59 Å². The minimum Gasteiger partial charge on any atom is -0.370 e. The van der Waals surface area contributed by atoms with Gasteiger partial charge in [-0.15, -0.1) is 0 Å². The lowest BCUT2D eigenvalue weighted by atomic mass is 10.2. The van der Waals surface area contributed by atoms with E-state index >= 15 is 0 Å². The lowest BCUT2D eigenvalue weighted by Gasteiger charge is -2.27. The third-order valence-corrected chi connectivity index (χ3v) is 3.88. The topological polar surface area (TPSA) is 40.6 Å². The normalized spacial score (nSPS) is 19.6. The summed E-state index contributed by atoms with van der Waals surface area (Å²) in [4.78, 5) is 27.3. The average Bonchev–Trinajstić information content (AvgIpc) is 2.69. The molecule has 3 rings (SSSR count). The second-order valence-corrected chi connectivity index (χ2v) is 5.24. The van der Waals surface area contributed by atoms with Crippen molar-refractivity contribution in [2.45, 2.75) is 25.7 Å². The minimum absolute atomic E-state index is 0.253. The van der Waals surface area contributed by atoms with E-state index in [1.807, 2.05) is 24.3 Å². The molecule has 2 heterocycles. The van der Waals surface area contributed by atoms with E-state index in [0.717, 1.165) is 31.6 Å². The van der Waals surface area contributed by atoms with Gasteiger partial charge in [0.2, 0.25) is 0 Å². The van der Waals surface area contributed by atoms with E-state index in [1.54, 1.807) is 0 Å². The molecule has 20 heavy (non-hydrogen) atoms. The van der Waals surface area contributed by atoms with Crippen molar-refractivity contribution in [2.75, 3.05) is 22.9 Å². The number of benzene rings is 1. The van der Waals surface area contributed by atoms with E-state index in [1.165, 1.54) is 29.9 Å². The van der Waals surface area contributed by atoms with Gasteiger partial charge in [-0.2, -0.15) is 0 Å². The van der Waals surface area contributed by atoms with Gasteiger partial charge in [0.25, 0.3) is 11.8 Å². The van der Waals surface area contributed by atoms with Gasteiger partial charge < -0.3 is 4.90 Å². The van der Waals surface area contributed by atoms with Gasteiger partial charge in [0, 0.05) is 25.2 Å². The quantitative estimate of drug-likeness (QED) is 0.775. The monoisotopic (exact) mass is 270 g/mol. The Balaban J connectivity index is 1.95. The Labute approximate surface area is 118 Å². The van der Waals surface area contributed by atoms with Crippen LogP contribution in [-0.4, -0.2) is 24.9 Å². The number of amides is 2. The van der Waals surface area contributed by atoms with E-state index in [0.29, 0.717) is 5.69 Å². The van der Waals surface area contributed by atoms with Crippen LogP contribution in [0, 0.1) is 0 Å². The van der Waals surface area contributed by atoms with Crippen molar-refractivity contribution in [1.82, 2.24) is 0 Å². The summed E-state index contributed by atoms with van der Waals surface area (Å²) in [5, 5.41) is 0. The van der Waals surface area contributed by atoms with Crippen molar-refractivity contribution in [3.05, 3.63) is 36.4 Å². The number of rotatable bonds is 2. The van der Waals surface area contributed by atoms with Gasteiger partial charge in [-0.05, 0) is 25.0 Å². The molecule has 0 aromatic heterocycles. The third kappa shape index (κ3) is 2.33. The molecule has 1 fully saturated rings. The molecule has 0 spiro atoms. The lowest BCUT2D eigenvalue weighted by molar-refractivity contribution is -0.119. The Morgan fingerprint density at radius 1 is 0.750 bits per heavy atom. The Bertz CT molecular complexity index is 539. The first kappa shape index (κ1) is 12.9. The first-order valence-electron chi connectivity index (χ1n) is 7.17. The number of carbonyl (C=O) groups excluding carboxylic acids is 2. The number of anilines is 2. The average molecular weight is 270 g/mol. The standard InChI is InChI=1S/C16H18N2O2/c19-15-9-10-16(20)18(15)14-8-4-3-7-13(14)17-11-5-1-2-6-12-17/h3-4,7-10H,1-2,5-6,11-12H2. The second kappa shape index (κ2) is 5.49. The summed E-state index contributed by atoms with van der Waals surface area (Å²) in [7, 11) is 0. The van der Waals surface area contributed by atoms with Crippen molar-refractivity contribution in [1.29, 1.82) is 0 Å². The zero-order chi connectivity index (χ0) is 13.9. The molecule has 2 amide bonds. The summed E-state index contributed by atoms with van der Waals surface area (Å²) >= 11 is 0. The number of hydrogen-bond acceptors (Lipinski definition) is 3. The smallest absolute Gasteiger partial charge is 0.258 e. The maximum absolute atomic E-state index is 11.9. The molecular formula is C16H18N2O2. The zero-order valence-electron chi connectivity index (χ0n) is 11.4. The number of para-hydroxylation sites is 2. The van der Waals surface area contributed by atoms with Gasteiger partial charge in [-0.25, -0.2) is 4.90 Å². The SMILES string of the molecule is O=C1C=CC(=O)N1c1ccccc1N1CCCCCC1. The van der Waals surface area contributed by atoms with Crippen molar-refractivity contribution >= 4 is 23.2 Å². The molecule has 1 saturated heterocycles. The second-order valence-electron chi connectivity index (χ2n) is 5.24. The van der Waals surface area contributed by atoms with E-state index < -0.39 is 0 Å². The van der Waals surface area contributed by atoms with E-state index in [-0.39, 0.29) is 11.8 Å². The fourth-order valence-electron chi connectivity index (χ4n) is 2.87. The third-order valence-electron chi connectivity index (χ3n) is 3.88. The number of imide groups is 1. The highest BCUT2D eigenvalue weighted by atomic mass is 16.2. The zero-order valence-corrected chi connectivity index (χ0v) is 11.4. The summed E-state index contributed by atoms with van der Waals surface area (Å²) in [6.45, 7) is 1.97. The molecule has 4 heteroatoms. The molecule has 1 aromatic carbocycles. The fourth-order valence-corrected chi connectivity index (χ4v) is 2.87. The summed E-state index contributed by atoms with van der Waals surface area (Å²) in [6, 6.07) is 7.68. The Morgan fingerprint density at radius 3 is 1.90 bits per heavy atom. The first-order valence-corrected chi connectivity index (χ1v) is 7.17. The van der Waals surface area contributed by atoms with Crippen molar-refractivity contribution in [2.24, 2.45) is 0 Å². The van der Waals surface area contributed by atoms with Crippen molar-refractivity contribution in [3.63, 3.8) is 0 Å². The highest BCUT2D eigenvalue weighted by Crippen LogP contribution is 2.32. The molecule has 0 unspecified atom stereocenters. The minimum atomic E-state index is -0.253. The molecule has 0 N–H and O–H groups in total. The number of carbonyl (C=O) groups is 2. The number of hydrogen-bond donors (Lipinski definition) is 0. The van der Waals surface area contributed by atoms with E-state index in [2.05, 4.69) is 4.90 Å². The van der Waals surface area contributed by atoms with Crippen LogP contribution >= 0.6 is 0 Å². The number of nitrogens with zero attached hydrogens (tertiary/aromatic N) is 2. The molecule has 104 valence electrons. The summed E-state index contributed by atoms with van der Waals surface area (Å²) in [5.41, 5.74) is 1.69. The van der Waals surface area contributed by atoms with Crippen molar-refractivity contribution < 1.29 is 9.59 Å². The molecule has 0 radical (unpaired) electrons. The van der Waals surface area contributed by atoms with Crippen LogP contribution in [0.15, 0.2) is 36.4 Å². The van der Waals surface area contributed by atoms with Gasteiger partial charge in [-0.3, -0.25) is 9.59 Å². The predicted molar refractivity (Wildman–Crippen MR) is 78.8 cm³/mol. The van der Waals surface area contributed by atoms with Crippen LogP contribution in [0.4, 0.5) is 11.4 Å². The van der Waals surface area contributed by atoms with Gasteiger partial charge in [0.15, 0.2) is 0 Å². The molecular weight excluding hydrogens is 252 g/mol. The lowest BCUT2D eigenvalue weighted by Crippen LogP contribution is -2.33. The molecule has 1 aromatic rings. The van der Waals surface area contributed by atoms with E-state index in [4.69, 9.17) is 0 Å². The molecule has 0 atom stereocenters. The Kier molecular flexibility index (Phi) is 3.54. The van der Waals surface area contributed by atoms with Crippen LogP contribution in [-0.2, 0) is 9.59 Å². The highest BCUT2D eigenvalue weighted by molar-refractivity contribution is 6.29. The molecule has 0 saturated carbocycles. The maximum Gasteiger partial charge on any atom is 0.258 e. The molecule has 2 aliphatic rings. The van der Waals surface area contributed by atoms with Crippen LogP contribution in [0.5, 0.6) is 0 Å².